The van der Waals surface area contributed by atoms with Crippen LogP contribution in [-0.2, 0) is 30.5 Å². The summed E-state index contributed by atoms with van der Waals surface area (Å²) in [5.74, 6) is -3.43. The lowest BCUT2D eigenvalue weighted by Gasteiger charge is -2.28. The highest BCUT2D eigenvalue weighted by molar-refractivity contribution is 5.96. The lowest BCUT2D eigenvalue weighted by Crippen LogP contribution is -2.59. The number of ketones is 1. The minimum absolute atomic E-state index is 0.0935. The number of nitrogens with zero attached hydrogens (tertiary/aromatic N) is 2. The van der Waals surface area contributed by atoms with Crippen molar-refractivity contribution in [3.8, 4) is 0 Å². The first-order chi connectivity index (χ1) is 20.5. The fourth-order valence-corrected chi connectivity index (χ4v) is 4.20. The van der Waals surface area contributed by atoms with Gasteiger partial charge in [-0.15, -0.1) is 0 Å². The maximum atomic E-state index is 13.5. The molecule has 1 aliphatic rings. The van der Waals surface area contributed by atoms with Gasteiger partial charge in [-0.25, -0.2) is 9.80 Å². The molecule has 0 bridgehead atoms. The van der Waals surface area contributed by atoms with Crippen molar-refractivity contribution in [2.45, 2.75) is 70.1 Å². The largest absolute Gasteiger partial charge is 0.370 e. The zero-order chi connectivity index (χ0) is 31.8. The van der Waals surface area contributed by atoms with Crippen molar-refractivity contribution < 1.29 is 28.8 Å². The van der Waals surface area contributed by atoms with E-state index in [1.54, 1.807) is 30.3 Å². The molecule has 16 nitrogen and oxygen atoms in total. The number of amides is 6. The van der Waals surface area contributed by atoms with Crippen molar-refractivity contribution in [3.63, 3.8) is 0 Å². The van der Waals surface area contributed by atoms with Crippen LogP contribution in [0.15, 0.2) is 35.3 Å². The molecule has 0 saturated carbocycles. The molecular weight excluding hydrogens is 560 g/mol. The van der Waals surface area contributed by atoms with Gasteiger partial charge in [0, 0.05) is 13.0 Å². The third-order valence-electron chi connectivity index (χ3n) is 6.38. The first kappa shape index (κ1) is 34.5. The maximum Gasteiger partial charge on any atom is 0.337 e. The molecular formula is C27H42N10O6. The standard InChI is InChI=1S/C27H42N10O6/c1-17(38)14-21-25(42)36-37(16-18-8-3-2-4-9-18)27(43)35-20(10-5-6-12-28)24(41)34-19(11-7-13-31-26(29)30)23(40)32-15-22(39)33-21/h2-4,8-9,19-21H,5-7,10-16,28H2,1H3,(H,32,40)(H,33,39)(H,34,41)(H,35,43)(H,36,42)(H4,29,30,31)/t19-,20-,21-/m0/s1. The van der Waals surface area contributed by atoms with Gasteiger partial charge >= 0.3 is 6.03 Å². The molecule has 1 aromatic rings. The number of nitrogens with two attached hydrogens (primary N) is 3. The number of carbonyl (C=O) groups excluding carboxylic acids is 6. The second-order valence-electron chi connectivity index (χ2n) is 10.1. The molecule has 43 heavy (non-hydrogen) atoms. The third kappa shape index (κ3) is 12.8. The molecule has 1 saturated heterocycles. The van der Waals surface area contributed by atoms with Crippen LogP contribution in [0.25, 0.3) is 0 Å². The van der Waals surface area contributed by atoms with Crippen LogP contribution >= 0.6 is 0 Å². The predicted octanol–water partition coefficient (Wildman–Crippen LogP) is -2.14. The molecule has 11 N–H and O–H groups in total. The van der Waals surface area contributed by atoms with Gasteiger partial charge in [-0.2, -0.15) is 0 Å². The van der Waals surface area contributed by atoms with E-state index in [0.29, 0.717) is 31.4 Å². The second kappa shape index (κ2) is 17.9. The van der Waals surface area contributed by atoms with E-state index in [1.807, 2.05) is 0 Å². The molecule has 0 aromatic heterocycles. The van der Waals surface area contributed by atoms with Crippen LogP contribution < -0.4 is 43.9 Å². The summed E-state index contributed by atoms with van der Waals surface area (Å²) in [7, 11) is 0. The summed E-state index contributed by atoms with van der Waals surface area (Å²) in [5, 5.41) is 11.1. The highest BCUT2D eigenvalue weighted by Gasteiger charge is 2.31. The number of unbranched alkanes of at least 4 members (excludes halogenated alkanes) is 1. The van der Waals surface area contributed by atoms with Gasteiger partial charge in [0.25, 0.3) is 5.91 Å². The van der Waals surface area contributed by atoms with Crippen molar-refractivity contribution in [2.24, 2.45) is 22.2 Å². The van der Waals surface area contributed by atoms with E-state index in [1.165, 1.54) is 6.92 Å². The first-order valence-corrected chi connectivity index (χ1v) is 14.0. The minimum atomic E-state index is -1.34. The fraction of sp³-hybridized carbons (Fsp3) is 0.519. The van der Waals surface area contributed by atoms with E-state index in [-0.39, 0.29) is 38.3 Å². The number of hydrazine groups is 1. The number of guanidine groups is 1. The van der Waals surface area contributed by atoms with Gasteiger partial charge in [-0.1, -0.05) is 30.3 Å². The normalized spacial score (nSPS) is 20.4. The number of Topliss-reactive ketones (excluding diaryl/α,β-unsaturated/α-hetero) is 1. The molecule has 0 spiro atoms. The third-order valence-corrected chi connectivity index (χ3v) is 6.38. The van der Waals surface area contributed by atoms with Crippen LogP contribution in [0, 0.1) is 0 Å². The number of hydrogen-bond acceptors (Lipinski definition) is 8. The predicted molar refractivity (Wildman–Crippen MR) is 157 cm³/mol. The Labute approximate surface area is 249 Å². The van der Waals surface area contributed by atoms with Crippen LogP contribution in [0.4, 0.5) is 4.79 Å². The van der Waals surface area contributed by atoms with Gasteiger partial charge in [-0.05, 0) is 51.1 Å². The van der Waals surface area contributed by atoms with Crippen LogP contribution in [0.3, 0.4) is 0 Å². The molecule has 1 aliphatic heterocycles. The van der Waals surface area contributed by atoms with Crippen molar-refractivity contribution in [2.75, 3.05) is 19.6 Å². The highest BCUT2D eigenvalue weighted by Crippen LogP contribution is 2.08. The summed E-state index contributed by atoms with van der Waals surface area (Å²) in [6.07, 6.45) is 1.33. The van der Waals surface area contributed by atoms with Crippen molar-refractivity contribution in [3.05, 3.63) is 35.9 Å². The van der Waals surface area contributed by atoms with E-state index in [0.717, 1.165) is 5.01 Å². The van der Waals surface area contributed by atoms with Crippen molar-refractivity contribution >= 4 is 41.4 Å². The molecule has 1 fully saturated rings. The Morgan fingerprint density at radius 2 is 1.56 bits per heavy atom. The number of hydrogen-bond donors (Lipinski definition) is 8. The first-order valence-electron chi connectivity index (χ1n) is 14.0. The van der Waals surface area contributed by atoms with Gasteiger partial charge in [-0.3, -0.25) is 34.4 Å². The SMILES string of the molecule is CC(=O)C[C@@H]1NC(=O)CNC(=O)[C@H](CCCN=C(N)N)NC(=O)[C@H](CCCCN)NC(=O)N(Cc2ccccc2)NC1=O. The molecule has 2 rings (SSSR count). The van der Waals surface area contributed by atoms with E-state index in [9.17, 15) is 28.8 Å². The molecule has 1 aromatic carbocycles. The van der Waals surface area contributed by atoms with Gasteiger partial charge in [0.05, 0.1) is 13.1 Å². The summed E-state index contributed by atoms with van der Waals surface area (Å²) >= 11 is 0. The summed E-state index contributed by atoms with van der Waals surface area (Å²) in [6.45, 7) is 1.18. The molecule has 1 heterocycles. The molecule has 6 amide bonds. The van der Waals surface area contributed by atoms with E-state index < -0.39 is 60.1 Å². The van der Waals surface area contributed by atoms with Gasteiger partial charge in [0.1, 0.15) is 23.9 Å². The Morgan fingerprint density at radius 3 is 2.21 bits per heavy atom. The Balaban J connectivity index is 2.44. The number of nitrogens with one attached hydrogen (secondary N) is 5. The zero-order valence-electron chi connectivity index (χ0n) is 24.3. The minimum Gasteiger partial charge on any atom is -0.370 e. The van der Waals surface area contributed by atoms with Crippen LogP contribution in [0.5, 0.6) is 0 Å². The average molecular weight is 603 g/mol. The number of aliphatic imine (C=N–C) groups is 1. The quantitative estimate of drug-likeness (QED) is 0.0736. The van der Waals surface area contributed by atoms with Gasteiger partial charge in [0.2, 0.25) is 17.7 Å². The molecule has 0 unspecified atom stereocenters. The zero-order valence-corrected chi connectivity index (χ0v) is 24.3. The lowest BCUT2D eigenvalue weighted by molar-refractivity contribution is -0.134. The van der Waals surface area contributed by atoms with Crippen molar-refractivity contribution in [1.82, 2.24) is 31.7 Å². The monoisotopic (exact) mass is 602 g/mol. The van der Waals surface area contributed by atoms with Crippen LogP contribution in [0.2, 0.25) is 0 Å². The van der Waals surface area contributed by atoms with E-state index >= 15 is 0 Å². The second-order valence-corrected chi connectivity index (χ2v) is 10.1. The summed E-state index contributed by atoms with van der Waals surface area (Å²) in [5.41, 5.74) is 19.5. The molecule has 0 radical (unpaired) electrons. The molecule has 16 heteroatoms. The number of benzene rings is 1. The number of rotatable bonds is 12. The van der Waals surface area contributed by atoms with Crippen LogP contribution in [0.1, 0.15) is 51.0 Å². The Hall–Kier alpha value is -4.73. The van der Waals surface area contributed by atoms with E-state index in [4.69, 9.17) is 17.2 Å². The van der Waals surface area contributed by atoms with Crippen molar-refractivity contribution in [1.29, 1.82) is 0 Å². The summed E-state index contributed by atoms with van der Waals surface area (Å²) < 4.78 is 0. The highest BCUT2D eigenvalue weighted by atomic mass is 16.2. The van der Waals surface area contributed by atoms with Crippen LogP contribution in [-0.4, -0.2) is 84.2 Å². The Kier molecular flexibility index (Phi) is 14.4. The topological polar surface area (TPSA) is 256 Å². The molecule has 3 atom stereocenters. The van der Waals surface area contributed by atoms with Gasteiger partial charge < -0.3 is 38.5 Å². The fourth-order valence-electron chi connectivity index (χ4n) is 4.20. The molecule has 0 aliphatic carbocycles. The Bertz CT molecular complexity index is 1160. The number of carbonyl (C=O) groups is 6. The van der Waals surface area contributed by atoms with Gasteiger partial charge in [0.15, 0.2) is 5.96 Å². The summed E-state index contributed by atoms with van der Waals surface area (Å²) in [6, 6.07) is 4.41. The molecule has 236 valence electrons. The van der Waals surface area contributed by atoms with E-state index in [2.05, 4.69) is 31.7 Å². The lowest BCUT2D eigenvalue weighted by atomic mass is 10.1. The number of urea groups is 1. The summed E-state index contributed by atoms with van der Waals surface area (Å²) in [4.78, 5) is 81.7. The maximum absolute atomic E-state index is 13.5. The smallest absolute Gasteiger partial charge is 0.337 e. The average Bonchev–Trinajstić information content (AvgIpc) is 2.95. The Morgan fingerprint density at radius 1 is 0.884 bits per heavy atom.